The van der Waals surface area contributed by atoms with E-state index in [9.17, 15) is 4.79 Å². The van der Waals surface area contributed by atoms with Crippen molar-refractivity contribution in [1.29, 1.82) is 0 Å². The Labute approximate surface area is 145 Å². The third kappa shape index (κ3) is 3.04. The summed E-state index contributed by atoms with van der Waals surface area (Å²) in [5.41, 5.74) is 1.57. The summed E-state index contributed by atoms with van der Waals surface area (Å²) < 4.78 is 6.45. The van der Waals surface area contributed by atoms with Gasteiger partial charge < -0.3 is 9.40 Å². The predicted molar refractivity (Wildman–Crippen MR) is 92.4 cm³/mol. The van der Waals surface area contributed by atoms with E-state index in [0.29, 0.717) is 18.1 Å². The van der Waals surface area contributed by atoms with E-state index in [0.717, 1.165) is 34.6 Å². The van der Waals surface area contributed by atoms with Crippen molar-refractivity contribution in [2.24, 2.45) is 0 Å². The Kier molecular flexibility index (Phi) is 3.92. The van der Waals surface area contributed by atoms with Crippen LogP contribution in [-0.4, -0.2) is 21.4 Å². The van der Waals surface area contributed by atoms with Crippen LogP contribution in [0.3, 0.4) is 0 Å². The summed E-state index contributed by atoms with van der Waals surface area (Å²) in [4.78, 5) is 23.4. The SMILES string of the molecule is O=c1[nH]c(-c2ccco2)nc2c1CN(Cc1ccc(Br)s1)CC2. The summed E-state index contributed by atoms with van der Waals surface area (Å²) in [6.45, 7) is 2.39. The molecule has 5 nitrogen and oxygen atoms in total. The van der Waals surface area contributed by atoms with Crippen LogP contribution in [0.2, 0.25) is 0 Å². The van der Waals surface area contributed by atoms with E-state index in [1.165, 1.54) is 4.88 Å². The molecule has 0 saturated heterocycles. The topological polar surface area (TPSA) is 62.1 Å². The number of nitrogens with zero attached hydrogens (tertiary/aromatic N) is 2. The van der Waals surface area contributed by atoms with Gasteiger partial charge in [0.2, 0.25) is 0 Å². The van der Waals surface area contributed by atoms with Gasteiger partial charge in [0.15, 0.2) is 11.6 Å². The van der Waals surface area contributed by atoms with Crippen LogP contribution in [0.5, 0.6) is 0 Å². The first-order chi connectivity index (χ1) is 11.2. The minimum absolute atomic E-state index is 0.0709. The first kappa shape index (κ1) is 14.9. The van der Waals surface area contributed by atoms with Crippen molar-refractivity contribution in [3.63, 3.8) is 0 Å². The highest BCUT2D eigenvalue weighted by Gasteiger charge is 2.22. The number of furan rings is 1. The molecule has 0 atom stereocenters. The van der Waals surface area contributed by atoms with Crippen molar-refractivity contribution in [3.8, 4) is 11.6 Å². The van der Waals surface area contributed by atoms with Crippen LogP contribution in [0.15, 0.2) is 43.5 Å². The molecule has 23 heavy (non-hydrogen) atoms. The second-order valence-electron chi connectivity index (χ2n) is 5.48. The highest BCUT2D eigenvalue weighted by Crippen LogP contribution is 2.25. The van der Waals surface area contributed by atoms with Crippen LogP contribution >= 0.6 is 27.3 Å². The molecule has 0 saturated carbocycles. The summed E-state index contributed by atoms with van der Waals surface area (Å²) in [7, 11) is 0. The standard InChI is InChI=1S/C16H14BrN3O2S/c17-14-4-3-10(23-14)8-20-6-5-12-11(9-20)16(21)19-15(18-12)13-2-1-7-22-13/h1-4,7H,5-6,8-9H2,(H,18,19,21). The molecular formula is C16H14BrN3O2S. The van der Waals surface area contributed by atoms with Gasteiger partial charge in [-0.05, 0) is 40.2 Å². The summed E-state index contributed by atoms with van der Waals surface area (Å²) in [5, 5.41) is 0. The Morgan fingerprint density at radius 1 is 1.39 bits per heavy atom. The summed E-state index contributed by atoms with van der Waals surface area (Å²) in [6.07, 6.45) is 2.36. The number of nitrogens with one attached hydrogen (secondary N) is 1. The Morgan fingerprint density at radius 3 is 3.04 bits per heavy atom. The average Bonchev–Trinajstić information content (AvgIpc) is 3.20. The lowest BCUT2D eigenvalue weighted by Crippen LogP contribution is -2.35. The molecule has 0 bridgehead atoms. The number of aromatic amines is 1. The number of fused-ring (bicyclic) bond motifs is 1. The first-order valence-electron chi connectivity index (χ1n) is 7.31. The number of halogens is 1. The minimum Gasteiger partial charge on any atom is -0.461 e. The third-order valence-electron chi connectivity index (χ3n) is 3.91. The molecule has 1 aliphatic rings. The predicted octanol–water partition coefficient (Wildman–Crippen LogP) is 3.41. The van der Waals surface area contributed by atoms with Crippen molar-refractivity contribution in [2.45, 2.75) is 19.5 Å². The van der Waals surface area contributed by atoms with Crippen LogP contribution in [0.4, 0.5) is 0 Å². The lowest BCUT2D eigenvalue weighted by molar-refractivity contribution is 0.244. The van der Waals surface area contributed by atoms with Gasteiger partial charge in [0, 0.05) is 30.9 Å². The van der Waals surface area contributed by atoms with Gasteiger partial charge in [0.1, 0.15) is 0 Å². The Morgan fingerprint density at radius 2 is 2.30 bits per heavy atom. The summed E-state index contributed by atoms with van der Waals surface area (Å²) >= 11 is 5.22. The molecule has 0 spiro atoms. The van der Waals surface area contributed by atoms with Crippen molar-refractivity contribution < 1.29 is 4.42 Å². The zero-order valence-corrected chi connectivity index (χ0v) is 14.6. The highest BCUT2D eigenvalue weighted by atomic mass is 79.9. The van der Waals surface area contributed by atoms with Gasteiger partial charge in [-0.15, -0.1) is 11.3 Å². The maximum absolute atomic E-state index is 12.4. The van der Waals surface area contributed by atoms with Crippen LogP contribution in [0.1, 0.15) is 16.1 Å². The van der Waals surface area contributed by atoms with Crippen molar-refractivity contribution in [3.05, 3.63) is 60.8 Å². The fourth-order valence-corrected chi connectivity index (χ4v) is 4.33. The molecule has 7 heteroatoms. The number of thiophene rings is 1. The molecule has 0 aliphatic carbocycles. The van der Waals surface area contributed by atoms with Crippen molar-refractivity contribution >= 4 is 27.3 Å². The van der Waals surface area contributed by atoms with E-state index in [1.54, 1.807) is 29.7 Å². The van der Waals surface area contributed by atoms with E-state index in [4.69, 9.17) is 4.42 Å². The van der Waals surface area contributed by atoms with Gasteiger partial charge in [-0.1, -0.05) is 0 Å². The van der Waals surface area contributed by atoms with Gasteiger partial charge in [0.25, 0.3) is 5.56 Å². The number of H-pyrrole nitrogens is 1. The molecule has 3 aromatic rings. The van der Waals surface area contributed by atoms with E-state index < -0.39 is 0 Å². The fraction of sp³-hybridized carbons (Fsp3) is 0.250. The lowest BCUT2D eigenvalue weighted by atomic mass is 10.1. The fourth-order valence-electron chi connectivity index (χ4n) is 2.80. The van der Waals surface area contributed by atoms with Gasteiger partial charge in [-0.25, -0.2) is 4.98 Å². The second-order valence-corrected chi connectivity index (χ2v) is 8.03. The van der Waals surface area contributed by atoms with Crippen LogP contribution in [0.25, 0.3) is 11.6 Å². The monoisotopic (exact) mass is 391 g/mol. The molecule has 1 N–H and O–H groups in total. The van der Waals surface area contributed by atoms with Crippen LogP contribution < -0.4 is 5.56 Å². The van der Waals surface area contributed by atoms with Gasteiger partial charge >= 0.3 is 0 Å². The number of hydrogen-bond acceptors (Lipinski definition) is 5. The zero-order chi connectivity index (χ0) is 15.8. The molecule has 0 amide bonds. The number of aromatic nitrogens is 2. The third-order valence-corrected chi connectivity index (χ3v) is 5.52. The molecule has 0 aromatic carbocycles. The van der Waals surface area contributed by atoms with E-state index in [1.807, 2.05) is 0 Å². The Bertz CT molecular complexity index is 885. The molecule has 118 valence electrons. The normalized spacial score (nSPS) is 14.8. The second kappa shape index (κ2) is 6.07. The molecule has 3 aromatic heterocycles. The lowest BCUT2D eigenvalue weighted by Gasteiger charge is -2.27. The molecule has 0 fully saturated rings. The van der Waals surface area contributed by atoms with Gasteiger partial charge in [0.05, 0.1) is 21.3 Å². The van der Waals surface area contributed by atoms with Crippen LogP contribution in [-0.2, 0) is 19.5 Å². The van der Waals surface area contributed by atoms with Crippen LogP contribution in [0, 0.1) is 0 Å². The maximum atomic E-state index is 12.4. The Hall–Kier alpha value is -1.70. The maximum Gasteiger partial charge on any atom is 0.256 e. The first-order valence-corrected chi connectivity index (χ1v) is 8.92. The van der Waals surface area contributed by atoms with E-state index >= 15 is 0 Å². The molecular weight excluding hydrogens is 378 g/mol. The van der Waals surface area contributed by atoms with Crippen molar-refractivity contribution in [2.75, 3.05) is 6.54 Å². The zero-order valence-electron chi connectivity index (χ0n) is 12.2. The van der Waals surface area contributed by atoms with E-state index in [2.05, 4.69) is 42.9 Å². The van der Waals surface area contributed by atoms with E-state index in [-0.39, 0.29) is 5.56 Å². The quantitative estimate of drug-likeness (QED) is 0.742. The molecule has 0 radical (unpaired) electrons. The molecule has 1 aliphatic heterocycles. The summed E-state index contributed by atoms with van der Waals surface area (Å²) in [5.74, 6) is 1.10. The largest absolute Gasteiger partial charge is 0.461 e. The number of hydrogen-bond donors (Lipinski definition) is 1. The average molecular weight is 392 g/mol. The molecule has 4 rings (SSSR count). The summed E-state index contributed by atoms with van der Waals surface area (Å²) in [6, 6.07) is 7.76. The highest BCUT2D eigenvalue weighted by molar-refractivity contribution is 9.11. The molecule has 0 unspecified atom stereocenters. The Balaban J connectivity index is 1.59. The van der Waals surface area contributed by atoms with Gasteiger partial charge in [-0.3, -0.25) is 9.69 Å². The minimum atomic E-state index is -0.0709. The number of rotatable bonds is 3. The van der Waals surface area contributed by atoms with Crippen molar-refractivity contribution in [1.82, 2.24) is 14.9 Å². The van der Waals surface area contributed by atoms with Gasteiger partial charge in [-0.2, -0.15) is 0 Å². The smallest absolute Gasteiger partial charge is 0.256 e. The molecule has 4 heterocycles.